The largest absolute Gasteiger partial charge is 0.415 e. The van der Waals surface area contributed by atoms with Crippen LogP contribution in [0.5, 0.6) is 0 Å². The summed E-state index contributed by atoms with van der Waals surface area (Å²) in [5.74, 6) is -0.517. The maximum atomic E-state index is 12.7. The van der Waals surface area contributed by atoms with Crippen molar-refractivity contribution < 1.29 is 18.0 Å². The number of nitrogens with zero attached hydrogens (tertiary/aromatic N) is 5. The first-order chi connectivity index (χ1) is 11.9. The van der Waals surface area contributed by atoms with Crippen LogP contribution in [-0.4, -0.2) is 25.9 Å². The van der Waals surface area contributed by atoms with Gasteiger partial charge in [0.2, 0.25) is 5.89 Å². The molecule has 0 unspecified atom stereocenters. The van der Waals surface area contributed by atoms with Gasteiger partial charge in [0.1, 0.15) is 0 Å². The first kappa shape index (κ1) is 15.9. The van der Waals surface area contributed by atoms with Gasteiger partial charge in [-0.25, -0.2) is 0 Å². The fraction of sp³-hybridized carbons (Fsp3) is 0.200. The normalized spacial score (nSPS) is 13.8. The Labute approximate surface area is 148 Å². The van der Waals surface area contributed by atoms with Gasteiger partial charge in [-0.15, -0.1) is 10.2 Å². The molecule has 25 heavy (non-hydrogen) atoms. The molecule has 0 spiro atoms. The Hall–Kier alpha value is -2.62. The van der Waals surface area contributed by atoms with Gasteiger partial charge in [-0.2, -0.15) is 13.9 Å². The molecule has 10 heteroatoms. The highest BCUT2D eigenvalue weighted by Crippen LogP contribution is 2.34. The van der Waals surface area contributed by atoms with Gasteiger partial charge < -0.3 is 4.42 Å². The Kier molecular flexibility index (Phi) is 3.64. The monoisotopic (exact) mass is 409 g/mol. The van der Waals surface area contributed by atoms with E-state index < -0.39 is 12.3 Å². The Balaban J connectivity index is 1.69. The van der Waals surface area contributed by atoms with E-state index in [1.54, 1.807) is 36.1 Å². The molecule has 0 radical (unpaired) electrons. The number of hydrogen-bond donors (Lipinski definition) is 0. The zero-order valence-electron chi connectivity index (χ0n) is 12.8. The summed E-state index contributed by atoms with van der Waals surface area (Å²) in [7, 11) is 1.76. The number of amides is 1. The molecule has 1 aromatic carbocycles. The molecule has 0 fully saturated rings. The van der Waals surface area contributed by atoms with Crippen LogP contribution < -0.4 is 4.90 Å². The van der Waals surface area contributed by atoms with Crippen LogP contribution in [0.15, 0.2) is 33.3 Å². The highest BCUT2D eigenvalue weighted by Gasteiger charge is 2.32. The first-order valence-corrected chi connectivity index (χ1v) is 7.99. The number of aryl methyl sites for hydroxylation is 1. The molecule has 1 aliphatic rings. The molecule has 1 amide bonds. The van der Waals surface area contributed by atoms with Gasteiger partial charge >= 0.3 is 6.43 Å². The van der Waals surface area contributed by atoms with Gasteiger partial charge in [0.05, 0.1) is 11.0 Å². The van der Waals surface area contributed by atoms with E-state index in [4.69, 9.17) is 4.42 Å². The fourth-order valence-electron chi connectivity index (χ4n) is 2.68. The number of halogens is 3. The molecule has 0 N–H and O–H groups in total. The van der Waals surface area contributed by atoms with E-state index in [2.05, 4.69) is 31.2 Å². The number of alkyl halides is 2. The molecule has 0 saturated heterocycles. The smallest absolute Gasteiger partial charge is 0.314 e. The van der Waals surface area contributed by atoms with Gasteiger partial charge in [-0.1, -0.05) is 6.07 Å². The second-order valence-electron chi connectivity index (χ2n) is 5.48. The third kappa shape index (κ3) is 2.62. The van der Waals surface area contributed by atoms with E-state index in [0.29, 0.717) is 28.0 Å². The number of rotatable bonds is 3. The van der Waals surface area contributed by atoms with Gasteiger partial charge in [0, 0.05) is 24.4 Å². The van der Waals surface area contributed by atoms with E-state index in [-0.39, 0.29) is 11.8 Å². The predicted molar refractivity (Wildman–Crippen MR) is 86.1 cm³/mol. The Morgan fingerprint density at radius 1 is 1.32 bits per heavy atom. The topological polar surface area (TPSA) is 77.0 Å². The Morgan fingerprint density at radius 3 is 2.76 bits per heavy atom. The summed E-state index contributed by atoms with van der Waals surface area (Å²) < 4.78 is 32.4. The predicted octanol–water partition coefficient (Wildman–Crippen LogP) is 3.33. The van der Waals surface area contributed by atoms with Crippen molar-refractivity contribution in [3.63, 3.8) is 0 Å². The second-order valence-corrected chi connectivity index (χ2v) is 6.34. The summed E-state index contributed by atoms with van der Waals surface area (Å²) >= 11 is 3.39. The lowest BCUT2D eigenvalue weighted by atomic mass is 10.1. The quantitative estimate of drug-likeness (QED) is 0.662. The molecule has 2 aromatic heterocycles. The number of fused-ring (bicyclic) bond motifs is 1. The number of carbonyl (C=O) groups excluding carboxylic acids is 1. The van der Waals surface area contributed by atoms with Crippen molar-refractivity contribution >= 4 is 27.7 Å². The van der Waals surface area contributed by atoms with Gasteiger partial charge in [0.15, 0.2) is 5.82 Å². The van der Waals surface area contributed by atoms with Gasteiger partial charge in [-0.05, 0) is 33.6 Å². The molecule has 3 aromatic rings. The minimum Gasteiger partial charge on any atom is -0.415 e. The summed E-state index contributed by atoms with van der Waals surface area (Å²) in [5.41, 5.74) is 1.67. The van der Waals surface area contributed by atoms with Crippen molar-refractivity contribution in [2.24, 2.45) is 7.05 Å². The Morgan fingerprint density at radius 2 is 2.12 bits per heavy atom. The van der Waals surface area contributed by atoms with Crippen LogP contribution in [-0.2, 0) is 13.6 Å². The molecular weight excluding hydrogens is 400 g/mol. The average molecular weight is 410 g/mol. The Bertz CT molecular complexity index is 984. The third-order valence-corrected chi connectivity index (χ3v) is 4.37. The van der Waals surface area contributed by atoms with E-state index in [1.165, 1.54) is 4.90 Å². The van der Waals surface area contributed by atoms with Crippen molar-refractivity contribution in [3.05, 3.63) is 45.9 Å². The lowest BCUT2D eigenvalue weighted by Gasteiger charge is -2.12. The van der Waals surface area contributed by atoms with Crippen LogP contribution in [0.4, 0.5) is 14.6 Å². The lowest BCUT2D eigenvalue weighted by Crippen LogP contribution is -2.24. The summed E-state index contributed by atoms with van der Waals surface area (Å²) in [6, 6.07) is 4.97. The zero-order valence-corrected chi connectivity index (χ0v) is 14.4. The van der Waals surface area contributed by atoms with E-state index in [9.17, 15) is 13.6 Å². The maximum absolute atomic E-state index is 12.7. The minimum absolute atomic E-state index is 0.0524. The third-order valence-electron chi connectivity index (χ3n) is 3.81. The minimum atomic E-state index is -2.84. The van der Waals surface area contributed by atoms with Crippen molar-refractivity contribution in [1.82, 2.24) is 20.0 Å². The number of hydrogen-bond acceptors (Lipinski definition) is 5. The van der Waals surface area contributed by atoms with Crippen LogP contribution >= 0.6 is 15.9 Å². The summed E-state index contributed by atoms with van der Waals surface area (Å²) in [4.78, 5) is 14.3. The van der Waals surface area contributed by atoms with Crippen molar-refractivity contribution in [2.45, 2.75) is 13.0 Å². The molecule has 4 rings (SSSR count). The molecule has 0 atom stereocenters. The molecule has 7 nitrogen and oxygen atoms in total. The van der Waals surface area contributed by atoms with Crippen molar-refractivity contribution in [3.8, 4) is 11.5 Å². The van der Waals surface area contributed by atoms with Crippen LogP contribution in [0, 0.1) is 0 Å². The fourth-order valence-corrected chi connectivity index (χ4v) is 3.26. The maximum Gasteiger partial charge on any atom is 0.314 e. The summed E-state index contributed by atoms with van der Waals surface area (Å²) in [6.45, 7) is 0.371. The summed E-state index contributed by atoms with van der Waals surface area (Å²) in [5, 5.41) is 11.2. The number of carbonyl (C=O) groups is 1. The standard InChI is InChI=1S/C15H10BrF2N5O2/c1-22-6-10(16)12(21-22)23-5-8-3-2-7(4-9(8)15(23)24)13-19-20-14(25-13)11(17)18/h2-4,6,11H,5H2,1H3. The number of benzene rings is 1. The SMILES string of the molecule is Cn1cc(Br)c(N2Cc3ccc(-c4nnc(C(F)F)o4)cc3C2=O)n1. The molecular formula is C15H10BrF2N5O2. The zero-order chi connectivity index (χ0) is 17.7. The number of anilines is 1. The second kappa shape index (κ2) is 5.73. The molecule has 0 saturated carbocycles. The van der Waals surface area contributed by atoms with E-state index in [0.717, 1.165) is 5.56 Å². The lowest BCUT2D eigenvalue weighted by molar-refractivity contribution is 0.0995. The van der Waals surface area contributed by atoms with Crippen LogP contribution in [0.25, 0.3) is 11.5 Å². The van der Waals surface area contributed by atoms with Crippen LogP contribution in [0.1, 0.15) is 28.2 Å². The highest BCUT2D eigenvalue weighted by molar-refractivity contribution is 9.10. The van der Waals surface area contributed by atoms with Gasteiger partial charge in [0.25, 0.3) is 11.8 Å². The van der Waals surface area contributed by atoms with Crippen LogP contribution in [0.2, 0.25) is 0 Å². The van der Waals surface area contributed by atoms with E-state index in [1.807, 2.05) is 0 Å². The van der Waals surface area contributed by atoms with Crippen LogP contribution in [0.3, 0.4) is 0 Å². The molecule has 3 heterocycles. The highest BCUT2D eigenvalue weighted by atomic mass is 79.9. The first-order valence-electron chi connectivity index (χ1n) is 7.20. The molecule has 1 aliphatic heterocycles. The summed E-state index contributed by atoms with van der Waals surface area (Å²) in [6.07, 6.45) is -1.09. The molecule has 0 aliphatic carbocycles. The average Bonchev–Trinajstić information content (AvgIpc) is 3.25. The van der Waals surface area contributed by atoms with Crippen molar-refractivity contribution in [1.29, 1.82) is 0 Å². The van der Waals surface area contributed by atoms with Gasteiger partial charge in [-0.3, -0.25) is 14.4 Å². The van der Waals surface area contributed by atoms with E-state index >= 15 is 0 Å². The molecule has 128 valence electrons. The number of aromatic nitrogens is 4. The molecule has 0 bridgehead atoms. The van der Waals surface area contributed by atoms with Crippen molar-refractivity contribution in [2.75, 3.05) is 4.90 Å².